The van der Waals surface area contributed by atoms with Crippen molar-refractivity contribution in [3.63, 3.8) is 0 Å². The van der Waals surface area contributed by atoms with Crippen molar-refractivity contribution < 1.29 is 4.74 Å². The van der Waals surface area contributed by atoms with Crippen LogP contribution in [-0.2, 0) is 13.0 Å². The van der Waals surface area contributed by atoms with Crippen molar-refractivity contribution in [2.45, 2.75) is 25.8 Å². The van der Waals surface area contributed by atoms with Crippen LogP contribution >= 0.6 is 24.0 Å². The molecule has 1 heterocycles. The number of nitrogens with two attached hydrogens (primary N) is 1. The summed E-state index contributed by atoms with van der Waals surface area (Å²) in [5, 5.41) is 3.20. The summed E-state index contributed by atoms with van der Waals surface area (Å²) < 4.78 is 5.19. The molecule has 1 aliphatic carbocycles. The van der Waals surface area contributed by atoms with Crippen LogP contribution in [0, 0.1) is 5.92 Å². The van der Waals surface area contributed by atoms with Crippen molar-refractivity contribution in [3.8, 4) is 5.75 Å². The van der Waals surface area contributed by atoms with Gasteiger partial charge in [-0.05, 0) is 60.6 Å². The molecule has 2 aromatic carbocycles. The molecular weight excluding hydrogens is 513 g/mol. The minimum atomic E-state index is 0. The van der Waals surface area contributed by atoms with Gasteiger partial charge in [0.25, 0.3) is 0 Å². The van der Waals surface area contributed by atoms with Crippen molar-refractivity contribution >= 4 is 35.6 Å². The summed E-state index contributed by atoms with van der Waals surface area (Å²) in [6.45, 7) is 7.26. The van der Waals surface area contributed by atoms with Gasteiger partial charge in [0.2, 0.25) is 0 Å². The highest BCUT2D eigenvalue weighted by atomic mass is 127. The summed E-state index contributed by atoms with van der Waals surface area (Å²) in [4.78, 5) is 9.60. The van der Waals surface area contributed by atoms with Crippen LogP contribution in [0.4, 0.5) is 5.69 Å². The second-order valence-corrected chi connectivity index (χ2v) is 8.62. The average molecular weight is 550 g/mol. The number of hydrogen-bond donors (Lipinski definition) is 2. The van der Waals surface area contributed by atoms with Gasteiger partial charge in [-0.2, -0.15) is 0 Å². The van der Waals surface area contributed by atoms with Crippen LogP contribution in [0.5, 0.6) is 5.75 Å². The summed E-state index contributed by atoms with van der Waals surface area (Å²) in [5.74, 6) is 2.35. The van der Waals surface area contributed by atoms with E-state index in [1.807, 2.05) is 12.1 Å². The normalized spacial score (nSPS) is 17.0. The molecule has 0 radical (unpaired) electrons. The van der Waals surface area contributed by atoms with Gasteiger partial charge in [0.15, 0.2) is 5.96 Å². The second kappa shape index (κ2) is 12.3. The van der Waals surface area contributed by atoms with E-state index in [1.165, 1.54) is 49.3 Å². The largest absolute Gasteiger partial charge is 0.497 e. The number of ether oxygens (including phenoxy) is 1. The van der Waals surface area contributed by atoms with E-state index in [-0.39, 0.29) is 24.0 Å². The molecular formula is C25H36IN5O. The van der Waals surface area contributed by atoms with E-state index in [4.69, 9.17) is 10.5 Å². The Labute approximate surface area is 209 Å². The summed E-state index contributed by atoms with van der Waals surface area (Å²) in [5.41, 5.74) is 9.76. The molecule has 3 N–H and O–H groups in total. The fraction of sp³-hybridized carbons (Fsp3) is 0.480. The SMILES string of the molecule is COc1ccc(CCNC(N)=NCc2ccc(N3CCN(CC4CC4)CC3)cc2)cc1.I. The molecule has 2 fully saturated rings. The Kier molecular flexibility index (Phi) is 9.47. The van der Waals surface area contributed by atoms with Crippen molar-refractivity contribution in [1.82, 2.24) is 10.2 Å². The first-order valence-electron chi connectivity index (χ1n) is 11.4. The number of guanidine groups is 1. The second-order valence-electron chi connectivity index (χ2n) is 8.62. The van der Waals surface area contributed by atoms with Gasteiger partial charge in [-0.1, -0.05) is 24.3 Å². The maximum Gasteiger partial charge on any atom is 0.188 e. The van der Waals surface area contributed by atoms with Crippen LogP contribution in [0.2, 0.25) is 0 Å². The number of nitrogens with zero attached hydrogens (tertiary/aromatic N) is 3. The summed E-state index contributed by atoms with van der Waals surface area (Å²) in [6, 6.07) is 16.9. The van der Waals surface area contributed by atoms with E-state index in [1.54, 1.807) is 7.11 Å². The van der Waals surface area contributed by atoms with Crippen molar-refractivity contribution in [2.75, 3.05) is 51.3 Å². The molecule has 0 unspecified atom stereocenters. The van der Waals surface area contributed by atoms with E-state index in [2.05, 4.69) is 56.5 Å². The molecule has 2 aliphatic rings. The van der Waals surface area contributed by atoms with E-state index in [0.29, 0.717) is 12.5 Å². The number of aliphatic imine (C=N–C) groups is 1. The Morgan fingerprint density at radius 2 is 1.66 bits per heavy atom. The number of hydrogen-bond acceptors (Lipinski definition) is 4. The van der Waals surface area contributed by atoms with Gasteiger partial charge in [-0.25, -0.2) is 4.99 Å². The maximum absolute atomic E-state index is 6.04. The number of halogens is 1. The highest BCUT2D eigenvalue weighted by molar-refractivity contribution is 14.0. The monoisotopic (exact) mass is 549 g/mol. The first kappa shape index (κ1) is 24.6. The van der Waals surface area contributed by atoms with Crippen LogP contribution in [-0.4, -0.2) is 57.2 Å². The Morgan fingerprint density at radius 1 is 1.00 bits per heavy atom. The third-order valence-electron chi connectivity index (χ3n) is 6.20. The number of benzene rings is 2. The third kappa shape index (κ3) is 7.55. The lowest BCUT2D eigenvalue weighted by atomic mass is 10.1. The third-order valence-corrected chi connectivity index (χ3v) is 6.20. The van der Waals surface area contributed by atoms with Crippen LogP contribution in [0.15, 0.2) is 53.5 Å². The minimum absolute atomic E-state index is 0. The molecule has 1 saturated heterocycles. The molecule has 7 heteroatoms. The van der Waals surface area contributed by atoms with Gasteiger partial charge in [-0.3, -0.25) is 4.90 Å². The fourth-order valence-corrected chi connectivity index (χ4v) is 4.03. The molecule has 0 amide bonds. The first-order valence-corrected chi connectivity index (χ1v) is 11.4. The van der Waals surface area contributed by atoms with Gasteiger partial charge in [-0.15, -0.1) is 24.0 Å². The van der Waals surface area contributed by atoms with E-state index >= 15 is 0 Å². The molecule has 2 aromatic rings. The van der Waals surface area contributed by atoms with E-state index in [9.17, 15) is 0 Å². The van der Waals surface area contributed by atoms with Crippen LogP contribution in [0.25, 0.3) is 0 Å². The molecule has 174 valence electrons. The highest BCUT2D eigenvalue weighted by Gasteiger charge is 2.26. The van der Waals surface area contributed by atoms with Gasteiger partial charge in [0.1, 0.15) is 5.75 Å². The molecule has 1 aliphatic heterocycles. The molecule has 0 atom stereocenters. The van der Waals surface area contributed by atoms with Crippen molar-refractivity contribution in [3.05, 3.63) is 59.7 Å². The average Bonchev–Trinajstić information content (AvgIpc) is 3.63. The van der Waals surface area contributed by atoms with Crippen molar-refractivity contribution in [2.24, 2.45) is 16.6 Å². The number of methoxy groups -OCH3 is 1. The highest BCUT2D eigenvalue weighted by Crippen LogP contribution is 2.30. The van der Waals surface area contributed by atoms with Crippen LogP contribution in [0.1, 0.15) is 24.0 Å². The molecule has 0 spiro atoms. The van der Waals surface area contributed by atoms with Crippen LogP contribution in [0.3, 0.4) is 0 Å². The van der Waals surface area contributed by atoms with Gasteiger partial charge >= 0.3 is 0 Å². The molecule has 6 nitrogen and oxygen atoms in total. The Morgan fingerprint density at radius 3 is 2.28 bits per heavy atom. The van der Waals surface area contributed by atoms with Crippen LogP contribution < -0.4 is 20.7 Å². The zero-order valence-corrected chi connectivity index (χ0v) is 21.3. The molecule has 32 heavy (non-hydrogen) atoms. The maximum atomic E-state index is 6.04. The minimum Gasteiger partial charge on any atom is -0.497 e. The van der Waals surface area contributed by atoms with Crippen molar-refractivity contribution in [1.29, 1.82) is 0 Å². The molecule has 0 aromatic heterocycles. The number of piperazine rings is 1. The molecule has 4 rings (SSSR count). The topological polar surface area (TPSA) is 66.1 Å². The Balaban J connectivity index is 0.00000289. The smallest absolute Gasteiger partial charge is 0.188 e. The summed E-state index contributed by atoms with van der Waals surface area (Å²) in [6.07, 6.45) is 3.77. The number of nitrogens with one attached hydrogen (secondary N) is 1. The Hall–Kier alpha value is -2.00. The first-order chi connectivity index (χ1) is 15.2. The predicted octanol–water partition coefficient (Wildman–Crippen LogP) is 3.49. The van der Waals surface area contributed by atoms with Gasteiger partial charge in [0, 0.05) is 45.0 Å². The number of rotatable bonds is 9. The lowest BCUT2D eigenvalue weighted by Crippen LogP contribution is -2.47. The molecule has 1 saturated carbocycles. The number of anilines is 1. The molecule has 0 bridgehead atoms. The summed E-state index contributed by atoms with van der Waals surface area (Å²) in [7, 11) is 1.68. The standard InChI is InChI=1S/C25H35N5O.HI/c1-31-24-10-6-20(7-11-24)12-13-27-25(26)28-18-21-4-8-23(9-5-21)30-16-14-29(15-17-30)19-22-2-3-22;/h4-11,22H,2-3,12-19H2,1H3,(H3,26,27,28);1H. The quantitative estimate of drug-likeness (QED) is 0.285. The van der Waals surface area contributed by atoms with E-state index < -0.39 is 0 Å². The predicted molar refractivity (Wildman–Crippen MR) is 143 cm³/mol. The Bertz CT molecular complexity index is 844. The van der Waals surface area contributed by atoms with E-state index in [0.717, 1.165) is 37.7 Å². The lowest BCUT2D eigenvalue weighted by molar-refractivity contribution is 0.248. The zero-order valence-electron chi connectivity index (χ0n) is 19.0. The van der Waals surface area contributed by atoms with Gasteiger partial charge in [0.05, 0.1) is 13.7 Å². The lowest BCUT2D eigenvalue weighted by Gasteiger charge is -2.36. The van der Waals surface area contributed by atoms with Gasteiger partial charge < -0.3 is 20.7 Å². The zero-order chi connectivity index (χ0) is 21.5. The fourth-order valence-electron chi connectivity index (χ4n) is 4.03. The summed E-state index contributed by atoms with van der Waals surface area (Å²) >= 11 is 0.